The summed E-state index contributed by atoms with van der Waals surface area (Å²) in [5.41, 5.74) is 0.416. The van der Waals surface area contributed by atoms with Crippen molar-refractivity contribution in [1.82, 2.24) is 4.90 Å². The summed E-state index contributed by atoms with van der Waals surface area (Å²) in [5.74, 6) is 0.930. The van der Waals surface area contributed by atoms with Gasteiger partial charge in [0.15, 0.2) is 0 Å². The second kappa shape index (κ2) is 3.84. The molecule has 1 saturated heterocycles. The van der Waals surface area contributed by atoms with Crippen molar-refractivity contribution in [3.8, 4) is 0 Å². The molecule has 2 fully saturated rings. The topological polar surface area (TPSA) is 20.3 Å². The molecule has 1 atom stereocenters. The molecule has 2 aliphatic rings. The molecule has 14 heavy (non-hydrogen) atoms. The minimum atomic E-state index is 0.365. The molecule has 0 bridgehead atoms. The van der Waals surface area contributed by atoms with Crippen molar-refractivity contribution in [2.24, 2.45) is 11.3 Å². The van der Waals surface area contributed by atoms with Crippen LogP contribution in [0.1, 0.15) is 32.6 Å². The first-order valence-electron chi connectivity index (χ1n) is 5.49. The zero-order valence-corrected chi connectivity index (χ0v) is 10.3. The van der Waals surface area contributed by atoms with Gasteiger partial charge in [-0.15, -0.1) is 0 Å². The molecule has 1 aliphatic heterocycles. The summed E-state index contributed by atoms with van der Waals surface area (Å²) in [6.45, 7) is 4.13. The van der Waals surface area contributed by atoms with Crippen LogP contribution in [0.15, 0.2) is 0 Å². The van der Waals surface area contributed by atoms with Gasteiger partial charge in [0.05, 0.1) is 0 Å². The number of carbonyl (C=O) groups excluding carboxylic acids is 1. The molecular formula is C11H18BrNO. The molecule has 1 saturated carbocycles. The first kappa shape index (κ1) is 10.5. The zero-order chi connectivity index (χ0) is 10.2. The summed E-state index contributed by atoms with van der Waals surface area (Å²) < 4.78 is 0. The molecule has 1 unspecified atom stereocenters. The molecule has 1 heterocycles. The minimum Gasteiger partial charge on any atom is -0.342 e. The highest BCUT2D eigenvalue weighted by molar-refractivity contribution is 9.09. The van der Waals surface area contributed by atoms with E-state index in [9.17, 15) is 4.79 Å². The van der Waals surface area contributed by atoms with Crippen LogP contribution in [-0.4, -0.2) is 29.2 Å². The molecule has 0 radical (unpaired) electrons. The maximum absolute atomic E-state index is 11.6. The van der Waals surface area contributed by atoms with Crippen LogP contribution >= 0.6 is 15.9 Å². The number of nitrogens with zero attached hydrogens (tertiary/aromatic N) is 1. The Morgan fingerprint density at radius 2 is 2.29 bits per heavy atom. The SMILES string of the molecule is CC1CC(=O)N(CC2(CBr)CCC2)C1. The highest BCUT2D eigenvalue weighted by Crippen LogP contribution is 2.43. The van der Waals surface area contributed by atoms with Gasteiger partial charge in [0.1, 0.15) is 0 Å². The van der Waals surface area contributed by atoms with Crippen LogP contribution in [0, 0.1) is 11.3 Å². The third kappa shape index (κ3) is 1.83. The molecule has 2 rings (SSSR count). The average Bonchev–Trinajstić information content (AvgIpc) is 2.38. The second-order valence-corrected chi connectivity index (χ2v) is 5.63. The Balaban J connectivity index is 1.93. The molecule has 0 aromatic heterocycles. The third-order valence-electron chi connectivity index (χ3n) is 3.63. The lowest BCUT2D eigenvalue weighted by Gasteiger charge is -2.43. The van der Waals surface area contributed by atoms with E-state index in [1.165, 1.54) is 19.3 Å². The van der Waals surface area contributed by atoms with Crippen LogP contribution in [0.4, 0.5) is 0 Å². The van der Waals surface area contributed by atoms with Gasteiger partial charge in [0.2, 0.25) is 5.91 Å². The molecule has 0 aromatic carbocycles. The highest BCUT2D eigenvalue weighted by atomic mass is 79.9. The molecule has 0 N–H and O–H groups in total. The van der Waals surface area contributed by atoms with E-state index in [0.717, 1.165) is 24.8 Å². The van der Waals surface area contributed by atoms with Crippen LogP contribution in [0.3, 0.4) is 0 Å². The van der Waals surface area contributed by atoms with Gasteiger partial charge in [-0.25, -0.2) is 0 Å². The smallest absolute Gasteiger partial charge is 0.222 e. The molecule has 1 aliphatic carbocycles. The Labute approximate surface area is 94.2 Å². The Morgan fingerprint density at radius 3 is 2.64 bits per heavy atom. The van der Waals surface area contributed by atoms with Crippen molar-refractivity contribution >= 4 is 21.8 Å². The summed E-state index contributed by atoms with van der Waals surface area (Å²) in [5, 5.41) is 1.05. The number of hydrogen-bond donors (Lipinski definition) is 0. The van der Waals surface area contributed by atoms with Crippen LogP contribution in [0.5, 0.6) is 0 Å². The molecule has 2 nitrogen and oxygen atoms in total. The van der Waals surface area contributed by atoms with Crippen molar-refractivity contribution in [1.29, 1.82) is 0 Å². The van der Waals surface area contributed by atoms with Gasteiger partial charge in [-0.05, 0) is 24.2 Å². The lowest BCUT2D eigenvalue weighted by Crippen LogP contribution is -2.44. The van der Waals surface area contributed by atoms with Crippen LogP contribution in [-0.2, 0) is 4.79 Å². The third-order valence-corrected chi connectivity index (χ3v) is 4.82. The number of alkyl halides is 1. The van der Waals surface area contributed by atoms with E-state index in [4.69, 9.17) is 0 Å². The van der Waals surface area contributed by atoms with E-state index in [2.05, 4.69) is 27.8 Å². The fourth-order valence-electron chi connectivity index (χ4n) is 2.54. The summed E-state index contributed by atoms with van der Waals surface area (Å²) >= 11 is 3.59. The molecule has 0 spiro atoms. The lowest BCUT2D eigenvalue weighted by atomic mass is 9.70. The van der Waals surface area contributed by atoms with E-state index < -0.39 is 0 Å². The van der Waals surface area contributed by atoms with E-state index in [0.29, 0.717) is 17.2 Å². The van der Waals surface area contributed by atoms with Gasteiger partial charge in [-0.3, -0.25) is 4.79 Å². The van der Waals surface area contributed by atoms with Crippen LogP contribution < -0.4 is 0 Å². The molecule has 80 valence electrons. The van der Waals surface area contributed by atoms with Gasteiger partial charge in [-0.1, -0.05) is 29.3 Å². The van der Waals surface area contributed by atoms with E-state index >= 15 is 0 Å². The zero-order valence-electron chi connectivity index (χ0n) is 8.76. The first-order valence-corrected chi connectivity index (χ1v) is 6.61. The lowest BCUT2D eigenvalue weighted by molar-refractivity contribution is -0.129. The predicted octanol–water partition coefficient (Wildman–Crippen LogP) is 2.42. The second-order valence-electron chi connectivity index (χ2n) is 5.07. The normalized spacial score (nSPS) is 30.6. The van der Waals surface area contributed by atoms with E-state index in [1.54, 1.807) is 0 Å². The number of likely N-dealkylation sites (tertiary alicyclic amines) is 1. The van der Waals surface area contributed by atoms with Gasteiger partial charge < -0.3 is 4.90 Å². The maximum Gasteiger partial charge on any atom is 0.222 e. The van der Waals surface area contributed by atoms with Crippen molar-refractivity contribution in [2.75, 3.05) is 18.4 Å². The minimum absolute atomic E-state index is 0.365. The monoisotopic (exact) mass is 259 g/mol. The molecular weight excluding hydrogens is 242 g/mol. The van der Waals surface area contributed by atoms with E-state index in [1.807, 2.05) is 0 Å². The van der Waals surface area contributed by atoms with Crippen molar-refractivity contribution < 1.29 is 4.79 Å². The number of halogens is 1. The number of amides is 1. The van der Waals surface area contributed by atoms with Gasteiger partial charge in [0.25, 0.3) is 0 Å². The quantitative estimate of drug-likeness (QED) is 0.714. The first-order chi connectivity index (χ1) is 6.65. The van der Waals surface area contributed by atoms with E-state index in [-0.39, 0.29) is 0 Å². The number of carbonyl (C=O) groups is 1. The van der Waals surface area contributed by atoms with Crippen LogP contribution in [0.25, 0.3) is 0 Å². The number of hydrogen-bond acceptors (Lipinski definition) is 1. The molecule has 0 aromatic rings. The van der Waals surface area contributed by atoms with Gasteiger partial charge >= 0.3 is 0 Å². The maximum atomic E-state index is 11.6. The van der Waals surface area contributed by atoms with Crippen LogP contribution in [0.2, 0.25) is 0 Å². The fraction of sp³-hybridized carbons (Fsp3) is 0.909. The Morgan fingerprint density at radius 1 is 1.57 bits per heavy atom. The fourth-order valence-corrected chi connectivity index (χ4v) is 3.28. The number of rotatable bonds is 3. The van der Waals surface area contributed by atoms with Crippen molar-refractivity contribution in [3.63, 3.8) is 0 Å². The predicted molar refractivity (Wildman–Crippen MR) is 60.4 cm³/mol. The average molecular weight is 260 g/mol. The summed E-state index contributed by atoms with van der Waals surface area (Å²) in [7, 11) is 0. The highest BCUT2D eigenvalue weighted by Gasteiger charge is 2.40. The Hall–Kier alpha value is -0.0500. The summed E-state index contributed by atoms with van der Waals surface area (Å²) in [6.07, 6.45) is 4.67. The molecule has 3 heteroatoms. The molecule has 1 amide bonds. The Bertz CT molecular complexity index is 232. The summed E-state index contributed by atoms with van der Waals surface area (Å²) in [4.78, 5) is 13.7. The largest absolute Gasteiger partial charge is 0.342 e. The van der Waals surface area contributed by atoms with Crippen molar-refractivity contribution in [2.45, 2.75) is 32.6 Å². The Kier molecular flexibility index (Phi) is 2.87. The van der Waals surface area contributed by atoms with Gasteiger partial charge in [0, 0.05) is 24.8 Å². The standard InChI is InChI=1S/C11H18BrNO/c1-9-5-10(14)13(6-9)8-11(7-12)3-2-4-11/h9H,2-8H2,1H3. The van der Waals surface area contributed by atoms with Gasteiger partial charge in [-0.2, -0.15) is 0 Å². The van der Waals surface area contributed by atoms with Crippen molar-refractivity contribution in [3.05, 3.63) is 0 Å². The summed E-state index contributed by atoms with van der Waals surface area (Å²) in [6, 6.07) is 0.